The van der Waals surface area contributed by atoms with E-state index in [-0.39, 0.29) is 12.3 Å². The van der Waals surface area contributed by atoms with Crippen LogP contribution >= 0.6 is 11.5 Å². The molecule has 1 saturated heterocycles. The average molecular weight is 516 g/mol. The standard InChI is InChI=1S/C21H24F3N5O3S2/c1-14-11-16(19(32-14)21(22,23)24)34(30,31)17(25)13-28-7-9-29(10-8-28)20-26-18(27-33-20)12-15-5-3-2-4-6-15/h2-6,11,17H,7-10,12-13,25H2,1H3. The van der Waals surface area contributed by atoms with E-state index in [2.05, 4.69) is 18.7 Å². The summed E-state index contributed by atoms with van der Waals surface area (Å²) in [5.74, 6) is -0.944. The first-order chi connectivity index (χ1) is 16.0. The second kappa shape index (κ2) is 9.64. The molecule has 2 aromatic heterocycles. The van der Waals surface area contributed by atoms with Crippen molar-refractivity contribution in [3.8, 4) is 0 Å². The van der Waals surface area contributed by atoms with Crippen molar-refractivity contribution in [1.29, 1.82) is 0 Å². The molecule has 1 aliphatic heterocycles. The molecule has 1 fully saturated rings. The first-order valence-corrected chi connectivity index (χ1v) is 12.9. The Morgan fingerprint density at radius 3 is 2.50 bits per heavy atom. The van der Waals surface area contributed by atoms with Crippen LogP contribution in [0, 0.1) is 6.92 Å². The minimum atomic E-state index is -4.93. The highest BCUT2D eigenvalue weighted by molar-refractivity contribution is 7.92. The van der Waals surface area contributed by atoms with Crippen molar-refractivity contribution in [2.24, 2.45) is 5.73 Å². The predicted octanol–water partition coefficient (Wildman–Crippen LogP) is 2.93. The Balaban J connectivity index is 1.35. The van der Waals surface area contributed by atoms with E-state index in [1.165, 1.54) is 18.5 Å². The van der Waals surface area contributed by atoms with Gasteiger partial charge in [-0.15, -0.1) is 0 Å². The fourth-order valence-electron chi connectivity index (χ4n) is 3.76. The molecule has 0 radical (unpaired) electrons. The third-order valence-electron chi connectivity index (χ3n) is 5.53. The van der Waals surface area contributed by atoms with Crippen molar-refractivity contribution in [2.75, 3.05) is 37.6 Å². The number of aryl methyl sites for hydroxylation is 1. The summed E-state index contributed by atoms with van der Waals surface area (Å²) < 4.78 is 74.3. The Morgan fingerprint density at radius 1 is 1.18 bits per heavy atom. The molecule has 0 spiro atoms. The van der Waals surface area contributed by atoms with Gasteiger partial charge in [-0.2, -0.15) is 17.5 Å². The Kier molecular flexibility index (Phi) is 6.99. The quantitative estimate of drug-likeness (QED) is 0.512. The molecule has 4 rings (SSSR count). The number of furan rings is 1. The van der Waals surface area contributed by atoms with E-state index >= 15 is 0 Å². The summed E-state index contributed by atoms with van der Waals surface area (Å²) in [7, 11) is -4.43. The van der Waals surface area contributed by atoms with Crippen LogP contribution in [0.4, 0.5) is 18.3 Å². The van der Waals surface area contributed by atoms with Crippen LogP contribution in [0.25, 0.3) is 0 Å². The summed E-state index contributed by atoms with van der Waals surface area (Å²) in [6.07, 6.45) is -4.29. The molecule has 13 heteroatoms. The first kappa shape index (κ1) is 24.6. The van der Waals surface area contributed by atoms with E-state index in [0.717, 1.165) is 22.6 Å². The highest BCUT2D eigenvalue weighted by atomic mass is 32.2. The number of aromatic nitrogens is 2. The van der Waals surface area contributed by atoms with Gasteiger partial charge in [-0.05, 0) is 18.6 Å². The summed E-state index contributed by atoms with van der Waals surface area (Å²) >= 11 is 1.31. The number of sulfone groups is 1. The highest BCUT2D eigenvalue weighted by Crippen LogP contribution is 2.37. The smallest absolute Gasteiger partial charge is 0.450 e. The van der Waals surface area contributed by atoms with E-state index in [0.29, 0.717) is 32.6 Å². The summed E-state index contributed by atoms with van der Waals surface area (Å²) in [5.41, 5.74) is 7.00. The lowest BCUT2D eigenvalue weighted by molar-refractivity contribution is -0.155. The third-order valence-corrected chi connectivity index (χ3v) is 8.20. The summed E-state index contributed by atoms with van der Waals surface area (Å²) in [4.78, 5) is 7.58. The number of nitrogens with zero attached hydrogens (tertiary/aromatic N) is 4. The molecule has 1 unspecified atom stereocenters. The van der Waals surface area contributed by atoms with Gasteiger partial charge >= 0.3 is 6.18 Å². The summed E-state index contributed by atoms with van der Waals surface area (Å²) in [6.45, 7) is 3.31. The van der Waals surface area contributed by atoms with Crippen LogP contribution in [0.5, 0.6) is 0 Å². The molecule has 0 bridgehead atoms. The third kappa shape index (κ3) is 5.43. The van der Waals surface area contributed by atoms with Gasteiger partial charge in [0.15, 0.2) is 9.84 Å². The second-order valence-corrected chi connectivity index (χ2v) is 10.9. The van der Waals surface area contributed by atoms with Crippen molar-refractivity contribution in [2.45, 2.75) is 29.8 Å². The number of halogens is 3. The van der Waals surface area contributed by atoms with E-state index in [9.17, 15) is 21.6 Å². The zero-order chi connectivity index (χ0) is 24.5. The van der Waals surface area contributed by atoms with Crippen LogP contribution < -0.4 is 10.6 Å². The topological polar surface area (TPSA) is 106 Å². The lowest BCUT2D eigenvalue weighted by atomic mass is 10.1. The van der Waals surface area contributed by atoms with Crippen molar-refractivity contribution < 1.29 is 26.0 Å². The number of nitrogens with two attached hydrogens (primary N) is 1. The number of rotatable bonds is 7. The number of piperazine rings is 1. The zero-order valence-corrected chi connectivity index (χ0v) is 20.0. The van der Waals surface area contributed by atoms with Crippen molar-refractivity contribution in [3.63, 3.8) is 0 Å². The van der Waals surface area contributed by atoms with E-state index in [4.69, 9.17) is 5.73 Å². The normalized spacial score (nSPS) is 16.7. The number of hydrogen-bond donors (Lipinski definition) is 1. The van der Waals surface area contributed by atoms with Crippen LogP contribution in [0.2, 0.25) is 0 Å². The molecule has 0 aliphatic carbocycles. The average Bonchev–Trinajstić information content (AvgIpc) is 3.42. The van der Waals surface area contributed by atoms with Crippen molar-refractivity contribution in [3.05, 3.63) is 59.3 Å². The molecule has 3 aromatic rings. The van der Waals surface area contributed by atoms with Crippen LogP contribution in [-0.2, 0) is 22.4 Å². The molecule has 1 atom stereocenters. The molecule has 184 valence electrons. The monoisotopic (exact) mass is 515 g/mol. The number of benzene rings is 1. The molecule has 3 heterocycles. The van der Waals surface area contributed by atoms with E-state index < -0.39 is 32.0 Å². The lowest BCUT2D eigenvalue weighted by Gasteiger charge is -2.35. The SMILES string of the molecule is Cc1cc(S(=O)(=O)C(N)CN2CCN(c3nc(Cc4ccccc4)ns3)CC2)c(C(F)(F)F)o1. The molecule has 0 saturated carbocycles. The van der Waals surface area contributed by atoms with Gasteiger partial charge in [0, 0.05) is 50.7 Å². The summed E-state index contributed by atoms with van der Waals surface area (Å²) in [5, 5.41) is -0.734. The maximum absolute atomic E-state index is 13.2. The lowest BCUT2D eigenvalue weighted by Crippen LogP contribution is -2.51. The van der Waals surface area contributed by atoms with Gasteiger partial charge < -0.3 is 15.1 Å². The fraction of sp³-hybridized carbons (Fsp3) is 0.429. The zero-order valence-electron chi connectivity index (χ0n) is 18.3. The Hall–Kier alpha value is -2.48. The van der Waals surface area contributed by atoms with Crippen molar-refractivity contribution in [1.82, 2.24) is 14.3 Å². The molecular formula is C21H24F3N5O3S2. The van der Waals surface area contributed by atoms with Gasteiger partial charge in [0.05, 0.1) is 0 Å². The van der Waals surface area contributed by atoms with Gasteiger partial charge in [-0.3, -0.25) is 4.90 Å². The number of hydrogen-bond acceptors (Lipinski definition) is 9. The van der Waals surface area contributed by atoms with Gasteiger partial charge in [0.25, 0.3) is 0 Å². The maximum atomic E-state index is 13.2. The van der Waals surface area contributed by atoms with Gasteiger partial charge in [0.1, 0.15) is 21.9 Å². The summed E-state index contributed by atoms with van der Waals surface area (Å²) in [6, 6.07) is 10.8. The molecule has 1 aromatic carbocycles. The van der Waals surface area contributed by atoms with Crippen LogP contribution in [0.3, 0.4) is 0 Å². The van der Waals surface area contributed by atoms with E-state index in [1.807, 2.05) is 35.2 Å². The van der Waals surface area contributed by atoms with Crippen LogP contribution in [-0.4, -0.2) is 60.8 Å². The molecular weight excluding hydrogens is 491 g/mol. The molecule has 0 amide bonds. The largest absolute Gasteiger partial charge is 0.455 e. The molecule has 8 nitrogen and oxygen atoms in total. The van der Waals surface area contributed by atoms with Gasteiger partial charge in [-0.1, -0.05) is 30.3 Å². The van der Waals surface area contributed by atoms with Crippen LogP contribution in [0.1, 0.15) is 22.9 Å². The molecule has 2 N–H and O–H groups in total. The minimum Gasteiger partial charge on any atom is -0.455 e. The Morgan fingerprint density at radius 2 is 1.85 bits per heavy atom. The van der Waals surface area contributed by atoms with Gasteiger partial charge in [0.2, 0.25) is 10.9 Å². The Labute approximate surface area is 199 Å². The second-order valence-electron chi connectivity index (χ2n) is 8.07. The first-order valence-electron chi connectivity index (χ1n) is 10.5. The Bertz CT molecular complexity index is 1220. The van der Waals surface area contributed by atoms with E-state index in [1.54, 1.807) is 0 Å². The molecule has 1 aliphatic rings. The minimum absolute atomic E-state index is 0.0902. The number of alkyl halides is 3. The predicted molar refractivity (Wildman–Crippen MR) is 121 cm³/mol. The fourth-order valence-corrected chi connectivity index (χ4v) is 5.98. The highest BCUT2D eigenvalue weighted by Gasteiger charge is 2.43. The van der Waals surface area contributed by atoms with Crippen LogP contribution in [0.15, 0.2) is 45.7 Å². The maximum Gasteiger partial charge on any atom is 0.450 e. The van der Waals surface area contributed by atoms with Gasteiger partial charge in [-0.25, -0.2) is 13.4 Å². The number of anilines is 1. The van der Waals surface area contributed by atoms with Crippen molar-refractivity contribution >= 4 is 26.5 Å². The molecule has 34 heavy (non-hydrogen) atoms.